The zero-order valence-corrected chi connectivity index (χ0v) is 13.2. The Morgan fingerprint density at radius 3 is 2.71 bits per heavy atom. The van der Waals surface area contributed by atoms with Crippen molar-refractivity contribution in [3.05, 3.63) is 35.4 Å². The molecule has 1 saturated carbocycles. The van der Waals surface area contributed by atoms with Crippen LogP contribution in [0.2, 0.25) is 0 Å². The molecule has 1 aromatic carbocycles. The fourth-order valence-electron chi connectivity index (χ4n) is 2.56. The van der Waals surface area contributed by atoms with Gasteiger partial charge in [-0.2, -0.15) is 0 Å². The lowest BCUT2D eigenvalue weighted by Crippen LogP contribution is -2.35. The van der Waals surface area contributed by atoms with E-state index >= 15 is 0 Å². The number of carbonyl (C=O) groups is 1. The zero-order chi connectivity index (χ0) is 15.5. The van der Waals surface area contributed by atoms with Crippen molar-refractivity contribution in [3.63, 3.8) is 0 Å². The summed E-state index contributed by atoms with van der Waals surface area (Å²) in [5, 5.41) is 2.72. The Labute approximate surface area is 126 Å². The van der Waals surface area contributed by atoms with Gasteiger partial charge in [0.1, 0.15) is 0 Å². The van der Waals surface area contributed by atoms with Gasteiger partial charge in [-0.25, -0.2) is 13.1 Å². The van der Waals surface area contributed by atoms with E-state index in [1.807, 2.05) is 25.1 Å². The number of carbonyl (C=O) groups excluding carboxylic acids is 1. The van der Waals surface area contributed by atoms with Crippen molar-refractivity contribution in [2.45, 2.75) is 26.2 Å². The molecule has 0 heterocycles. The highest BCUT2D eigenvalue weighted by atomic mass is 32.2. The molecule has 5 nitrogen and oxygen atoms in total. The molecule has 116 valence electrons. The zero-order valence-electron chi connectivity index (χ0n) is 12.4. The first kappa shape index (κ1) is 16.0. The van der Waals surface area contributed by atoms with Crippen molar-refractivity contribution in [1.29, 1.82) is 0 Å². The van der Waals surface area contributed by atoms with Crippen molar-refractivity contribution >= 4 is 15.9 Å². The molecule has 0 aromatic heterocycles. The van der Waals surface area contributed by atoms with Crippen LogP contribution in [0, 0.1) is 12.8 Å². The van der Waals surface area contributed by atoms with Gasteiger partial charge >= 0.3 is 0 Å². The third-order valence-corrected chi connectivity index (χ3v) is 5.22. The summed E-state index contributed by atoms with van der Waals surface area (Å²) in [5.74, 6) is 0.133. The van der Waals surface area contributed by atoms with E-state index in [4.69, 9.17) is 0 Å². The molecule has 2 rings (SSSR count). The van der Waals surface area contributed by atoms with Crippen LogP contribution >= 0.6 is 0 Å². The van der Waals surface area contributed by atoms with Gasteiger partial charge in [0.15, 0.2) is 0 Å². The summed E-state index contributed by atoms with van der Waals surface area (Å²) < 4.78 is 25.3. The first-order chi connectivity index (χ1) is 9.94. The van der Waals surface area contributed by atoms with Crippen molar-refractivity contribution in [1.82, 2.24) is 10.0 Å². The third kappa shape index (κ3) is 4.28. The van der Waals surface area contributed by atoms with E-state index in [2.05, 4.69) is 16.1 Å². The molecule has 2 N–H and O–H groups in total. The van der Waals surface area contributed by atoms with E-state index < -0.39 is 10.0 Å². The van der Waals surface area contributed by atoms with Crippen LogP contribution in [-0.4, -0.2) is 33.2 Å². The first-order valence-electron chi connectivity index (χ1n) is 7.25. The van der Waals surface area contributed by atoms with Gasteiger partial charge in [-0.15, -0.1) is 0 Å². The molecule has 2 atom stereocenters. The number of hydrogen-bond donors (Lipinski definition) is 2. The number of nitrogens with one attached hydrogen (secondary N) is 2. The maximum atomic E-state index is 12.0. The van der Waals surface area contributed by atoms with E-state index in [1.165, 1.54) is 11.1 Å². The summed E-state index contributed by atoms with van der Waals surface area (Å²) >= 11 is 0. The second-order valence-electron chi connectivity index (χ2n) is 5.41. The van der Waals surface area contributed by atoms with Crippen molar-refractivity contribution in [3.8, 4) is 0 Å². The summed E-state index contributed by atoms with van der Waals surface area (Å²) in [5.41, 5.74) is 2.42. The lowest BCUT2D eigenvalue weighted by molar-refractivity contribution is -0.122. The molecule has 0 spiro atoms. The normalized spacial score (nSPS) is 21.0. The highest BCUT2D eigenvalue weighted by Gasteiger charge is 2.44. The van der Waals surface area contributed by atoms with Crippen LogP contribution in [0.1, 0.15) is 30.4 Å². The van der Waals surface area contributed by atoms with Crippen molar-refractivity contribution < 1.29 is 13.2 Å². The van der Waals surface area contributed by atoms with Gasteiger partial charge in [-0.05, 0) is 30.4 Å². The summed E-state index contributed by atoms with van der Waals surface area (Å²) in [6.45, 7) is 4.30. The Morgan fingerprint density at radius 2 is 2.05 bits per heavy atom. The number of amides is 1. The van der Waals surface area contributed by atoms with Crippen LogP contribution in [0.5, 0.6) is 0 Å². The Hall–Kier alpha value is -1.40. The predicted molar refractivity (Wildman–Crippen MR) is 82.5 cm³/mol. The highest BCUT2D eigenvalue weighted by molar-refractivity contribution is 7.89. The molecule has 1 amide bonds. The minimum Gasteiger partial charge on any atom is -0.355 e. The summed E-state index contributed by atoms with van der Waals surface area (Å²) in [6, 6.07) is 8.08. The fraction of sp³-hybridized carbons (Fsp3) is 0.533. The lowest BCUT2D eigenvalue weighted by Gasteiger charge is -2.07. The number of aryl methyl sites for hydroxylation is 1. The topological polar surface area (TPSA) is 75.3 Å². The molecular weight excluding hydrogens is 288 g/mol. The average molecular weight is 310 g/mol. The maximum Gasteiger partial charge on any atom is 0.223 e. The summed E-state index contributed by atoms with van der Waals surface area (Å²) in [4.78, 5) is 12.0. The first-order valence-corrected chi connectivity index (χ1v) is 8.90. The number of sulfonamides is 1. The van der Waals surface area contributed by atoms with Crippen LogP contribution in [0.15, 0.2) is 24.3 Å². The smallest absolute Gasteiger partial charge is 0.223 e. The molecule has 1 aliphatic rings. The largest absolute Gasteiger partial charge is 0.355 e. The predicted octanol–water partition coefficient (Wildman–Crippen LogP) is 1.15. The van der Waals surface area contributed by atoms with Gasteiger partial charge < -0.3 is 5.32 Å². The Bertz CT molecular complexity index is 613. The van der Waals surface area contributed by atoms with E-state index in [9.17, 15) is 13.2 Å². The maximum absolute atomic E-state index is 12.0. The molecule has 1 aliphatic carbocycles. The van der Waals surface area contributed by atoms with Gasteiger partial charge in [0.05, 0.1) is 5.75 Å². The SMILES string of the molecule is CCNS(=O)(=O)CCNC(=O)[C@@H]1C[C@@H]1c1ccccc1C. The van der Waals surface area contributed by atoms with Gasteiger partial charge in [0.25, 0.3) is 0 Å². The summed E-state index contributed by atoms with van der Waals surface area (Å²) in [6.07, 6.45) is 0.844. The molecule has 0 unspecified atom stereocenters. The van der Waals surface area contributed by atoms with Crippen LogP contribution in [-0.2, 0) is 14.8 Å². The van der Waals surface area contributed by atoms with E-state index in [0.717, 1.165) is 6.42 Å². The average Bonchev–Trinajstić information content (AvgIpc) is 3.19. The van der Waals surface area contributed by atoms with Gasteiger partial charge in [-0.1, -0.05) is 31.2 Å². The van der Waals surface area contributed by atoms with Crippen LogP contribution in [0.4, 0.5) is 0 Å². The minimum atomic E-state index is -3.27. The Morgan fingerprint density at radius 1 is 1.33 bits per heavy atom. The standard InChI is InChI=1S/C15H22N2O3S/c1-3-17-21(19,20)9-8-16-15(18)14-10-13(14)12-7-5-4-6-11(12)2/h4-7,13-14,17H,3,8-10H2,1-2H3,(H,16,18)/t13-,14-/m1/s1. The minimum absolute atomic E-state index is 0.0204. The summed E-state index contributed by atoms with van der Waals surface area (Å²) in [7, 11) is -3.27. The van der Waals surface area contributed by atoms with Gasteiger partial charge in [-0.3, -0.25) is 4.79 Å². The molecule has 1 aromatic rings. The quantitative estimate of drug-likeness (QED) is 0.793. The number of rotatable bonds is 7. The molecule has 0 aliphatic heterocycles. The Balaban J connectivity index is 1.81. The molecule has 0 radical (unpaired) electrons. The van der Waals surface area contributed by atoms with E-state index in [0.29, 0.717) is 6.54 Å². The molecule has 1 fully saturated rings. The molecule has 21 heavy (non-hydrogen) atoms. The lowest BCUT2D eigenvalue weighted by atomic mass is 10.0. The van der Waals surface area contributed by atoms with Gasteiger partial charge in [0, 0.05) is 19.0 Å². The molecule has 0 saturated heterocycles. The van der Waals surface area contributed by atoms with Crippen LogP contribution in [0.3, 0.4) is 0 Å². The van der Waals surface area contributed by atoms with Gasteiger partial charge in [0.2, 0.25) is 15.9 Å². The second-order valence-corrected chi connectivity index (χ2v) is 7.34. The second kappa shape index (κ2) is 6.58. The molecule has 0 bridgehead atoms. The number of benzene rings is 1. The van der Waals surface area contributed by atoms with Crippen LogP contribution in [0.25, 0.3) is 0 Å². The third-order valence-electron chi connectivity index (χ3n) is 3.75. The van der Waals surface area contributed by atoms with E-state index in [1.54, 1.807) is 6.92 Å². The van der Waals surface area contributed by atoms with Crippen molar-refractivity contribution in [2.24, 2.45) is 5.92 Å². The monoisotopic (exact) mass is 310 g/mol. The highest BCUT2D eigenvalue weighted by Crippen LogP contribution is 2.48. The number of hydrogen-bond acceptors (Lipinski definition) is 3. The Kier molecular flexibility index (Phi) is 5.00. The molecular formula is C15H22N2O3S. The fourth-order valence-corrected chi connectivity index (χ4v) is 3.52. The van der Waals surface area contributed by atoms with Crippen molar-refractivity contribution in [2.75, 3.05) is 18.8 Å². The molecule has 6 heteroatoms. The van der Waals surface area contributed by atoms with Crippen LogP contribution < -0.4 is 10.0 Å². The van der Waals surface area contributed by atoms with E-state index in [-0.39, 0.29) is 30.0 Å².